The highest BCUT2D eigenvalue weighted by atomic mass is 32.2. The van der Waals surface area contributed by atoms with Gasteiger partial charge in [-0.25, -0.2) is 8.42 Å². The Bertz CT molecular complexity index is 523. The molecule has 0 spiro atoms. The highest BCUT2D eigenvalue weighted by Gasteiger charge is 2.52. The van der Waals surface area contributed by atoms with E-state index in [2.05, 4.69) is 0 Å². The molecule has 1 amide bonds. The number of morpholine rings is 1. The molecule has 7 nitrogen and oxygen atoms in total. The van der Waals surface area contributed by atoms with Gasteiger partial charge in [0.05, 0.1) is 19.1 Å². The molecule has 1 N–H and O–H groups in total. The van der Waals surface area contributed by atoms with Crippen LogP contribution in [0.5, 0.6) is 0 Å². The largest absolute Gasteiger partial charge is 0.481 e. The number of sulfone groups is 1. The Morgan fingerprint density at radius 1 is 1.33 bits per heavy atom. The molecule has 1 heterocycles. The minimum atomic E-state index is -3.50. The van der Waals surface area contributed by atoms with Crippen LogP contribution in [0.15, 0.2) is 0 Å². The van der Waals surface area contributed by atoms with E-state index < -0.39 is 26.7 Å². The zero-order chi connectivity index (χ0) is 15.7. The number of carbonyl (C=O) groups is 2. The maximum atomic E-state index is 12.7. The van der Waals surface area contributed by atoms with E-state index in [9.17, 15) is 18.0 Å². The molecule has 1 aliphatic heterocycles. The van der Waals surface area contributed by atoms with E-state index in [0.717, 1.165) is 19.1 Å². The molecule has 2 aliphatic rings. The SMILES string of the molecule is CS(=O)(=O)C1(C(=O)N2CCOC(CC(=O)O)C2)CCCC1. The van der Waals surface area contributed by atoms with Crippen LogP contribution < -0.4 is 0 Å². The quantitative estimate of drug-likeness (QED) is 0.785. The molecular weight excluding hydrogens is 298 g/mol. The van der Waals surface area contributed by atoms with Gasteiger partial charge in [-0.1, -0.05) is 12.8 Å². The van der Waals surface area contributed by atoms with Crippen molar-refractivity contribution in [1.29, 1.82) is 0 Å². The third kappa shape index (κ3) is 3.21. The summed E-state index contributed by atoms with van der Waals surface area (Å²) < 4.78 is 28.3. The monoisotopic (exact) mass is 319 g/mol. The van der Waals surface area contributed by atoms with Crippen LogP contribution in [0.1, 0.15) is 32.1 Å². The van der Waals surface area contributed by atoms with Crippen molar-refractivity contribution in [2.45, 2.75) is 43.0 Å². The van der Waals surface area contributed by atoms with Crippen molar-refractivity contribution in [2.75, 3.05) is 26.0 Å². The molecule has 1 aliphatic carbocycles. The first-order chi connectivity index (χ1) is 9.76. The first-order valence-electron chi connectivity index (χ1n) is 7.09. The summed E-state index contributed by atoms with van der Waals surface area (Å²) >= 11 is 0. The second-order valence-corrected chi connectivity index (χ2v) is 8.14. The van der Waals surface area contributed by atoms with Crippen LogP contribution in [0.2, 0.25) is 0 Å². The van der Waals surface area contributed by atoms with E-state index in [-0.39, 0.29) is 25.5 Å². The van der Waals surface area contributed by atoms with Gasteiger partial charge in [-0.05, 0) is 12.8 Å². The number of nitrogens with zero attached hydrogens (tertiary/aromatic N) is 1. The lowest BCUT2D eigenvalue weighted by Crippen LogP contribution is -2.56. The van der Waals surface area contributed by atoms with Gasteiger partial charge in [0.2, 0.25) is 5.91 Å². The Morgan fingerprint density at radius 2 is 1.95 bits per heavy atom. The second kappa shape index (κ2) is 5.92. The Labute approximate surface area is 124 Å². The molecule has 2 fully saturated rings. The molecule has 1 saturated carbocycles. The van der Waals surface area contributed by atoms with Gasteiger partial charge >= 0.3 is 5.97 Å². The summed E-state index contributed by atoms with van der Waals surface area (Å²) in [5, 5.41) is 8.80. The molecule has 0 bridgehead atoms. The van der Waals surface area contributed by atoms with Crippen molar-refractivity contribution in [3.8, 4) is 0 Å². The molecule has 0 aromatic rings. The number of hydrogen-bond donors (Lipinski definition) is 1. The van der Waals surface area contributed by atoms with Crippen LogP contribution in [-0.4, -0.2) is 67.1 Å². The van der Waals surface area contributed by atoms with Gasteiger partial charge in [0.25, 0.3) is 0 Å². The van der Waals surface area contributed by atoms with Crippen LogP contribution in [0.25, 0.3) is 0 Å². The van der Waals surface area contributed by atoms with Gasteiger partial charge < -0.3 is 14.7 Å². The van der Waals surface area contributed by atoms with E-state index in [1.807, 2.05) is 0 Å². The van der Waals surface area contributed by atoms with Gasteiger partial charge in [0.15, 0.2) is 14.6 Å². The average Bonchev–Trinajstić information content (AvgIpc) is 2.87. The molecular formula is C13H21NO6S. The van der Waals surface area contributed by atoms with E-state index in [4.69, 9.17) is 9.84 Å². The summed E-state index contributed by atoms with van der Waals surface area (Å²) in [6.07, 6.45) is 2.51. The maximum Gasteiger partial charge on any atom is 0.306 e. The van der Waals surface area contributed by atoms with E-state index >= 15 is 0 Å². The lowest BCUT2D eigenvalue weighted by Gasteiger charge is -2.37. The maximum absolute atomic E-state index is 12.7. The standard InChI is InChI=1S/C13H21NO6S/c1-21(18,19)13(4-2-3-5-13)12(17)14-6-7-20-10(9-14)8-11(15)16/h10H,2-9H2,1H3,(H,15,16). The van der Waals surface area contributed by atoms with E-state index in [0.29, 0.717) is 19.4 Å². The Morgan fingerprint density at radius 3 is 2.48 bits per heavy atom. The van der Waals surface area contributed by atoms with Crippen molar-refractivity contribution in [2.24, 2.45) is 0 Å². The molecule has 8 heteroatoms. The summed E-state index contributed by atoms with van der Waals surface area (Å²) in [5.41, 5.74) is 0. The number of carboxylic acid groups (broad SMARTS) is 1. The summed E-state index contributed by atoms with van der Waals surface area (Å²) in [5.74, 6) is -1.38. The molecule has 0 aromatic carbocycles. The fourth-order valence-corrected chi connectivity index (χ4v) is 4.68. The fourth-order valence-electron chi connectivity index (χ4n) is 3.20. The highest BCUT2D eigenvalue weighted by Crippen LogP contribution is 2.38. The highest BCUT2D eigenvalue weighted by molar-refractivity contribution is 7.92. The smallest absolute Gasteiger partial charge is 0.306 e. The van der Waals surface area contributed by atoms with Gasteiger partial charge in [-0.3, -0.25) is 9.59 Å². The number of carbonyl (C=O) groups excluding carboxylic acids is 1. The van der Waals surface area contributed by atoms with Crippen molar-refractivity contribution >= 4 is 21.7 Å². The number of hydrogen-bond acceptors (Lipinski definition) is 5. The number of ether oxygens (including phenoxy) is 1. The molecule has 120 valence electrons. The zero-order valence-electron chi connectivity index (χ0n) is 12.1. The summed E-state index contributed by atoms with van der Waals surface area (Å²) in [6, 6.07) is 0. The van der Waals surface area contributed by atoms with Crippen LogP contribution in [0.3, 0.4) is 0 Å². The van der Waals surface area contributed by atoms with E-state index in [1.165, 1.54) is 4.90 Å². The normalized spacial score (nSPS) is 25.8. The number of aliphatic carboxylic acids is 1. The predicted molar refractivity (Wildman–Crippen MR) is 74.6 cm³/mol. The molecule has 2 rings (SSSR count). The van der Waals surface area contributed by atoms with Crippen molar-refractivity contribution < 1.29 is 27.9 Å². The van der Waals surface area contributed by atoms with Gasteiger partial charge in [-0.2, -0.15) is 0 Å². The van der Waals surface area contributed by atoms with Gasteiger partial charge in [0.1, 0.15) is 0 Å². The number of amides is 1. The predicted octanol–water partition coefficient (Wildman–Crippen LogP) is 0.0459. The Kier molecular flexibility index (Phi) is 4.57. The first kappa shape index (κ1) is 16.2. The summed E-state index contributed by atoms with van der Waals surface area (Å²) in [4.78, 5) is 24.9. The van der Waals surface area contributed by atoms with Crippen molar-refractivity contribution in [3.05, 3.63) is 0 Å². The first-order valence-corrected chi connectivity index (χ1v) is 8.98. The molecule has 1 unspecified atom stereocenters. The van der Waals surface area contributed by atoms with Crippen LogP contribution in [0, 0.1) is 0 Å². The third-order valence-electron chi connectivity index (χ3n) is 4.34. The topological polar surface area (TPSA) is 101 Å². The summed E-state index contributed by atoms with van der Waals surface area (Å²) in [7, 11) is -3.50. The lowest BCUT2D eigenvalue weighted by molar-refractivity contribution is -0.149. The lowest BCUT2D eigenvalue weighted by atomic mass is 10.0. The van der Waals surface area contributed by atoms with Crippen molar-refractivity contribution in [3.63, 3.8) is 0 Å². The van der Waals surface area contributed by atoms with Crippen LogP contribution in [0.4, 0.5) is 0 Å². The Balaban J connectivity index is 2.16. The molecule has 21 heavy (non-hydrogen) atoms. The molecule has 0 radical (unpaired) electrons. The van der Waals surface area contributed by atoms with Gasteiger partial charge in [0, 0.05) is 19.3 Å². The summed E-state index contributed by atoms with van der Waals surface area (Å²) in [6.45, 7) is 0.693. The van der Waals surface area contributed by atoms with E-state index in [1.54, 1.807) is 0 Å². The number of carboxylic acids is 1. The van der Waals surface area contributed by atoms with Gasteiger partial charge in [-0.15, -0.1) is 0 Å². The molecule has 1 atom stereocenters. The molecule has 1 saturated heterocycles. The third-order valence-corrected chi connectivity index (χ3v) is 6.34. The second-order valence-electron chi connectivity index (χ2n) is 5.82. The zero-order valence-corrected chi connectivity index (χ0v) is 12.9. The fraction of sp³-hybridized carbons (Fsp3) is 0.846. The van der Waals surface area contributed by atoms with Crippen LogP contribution in [-0.2, 0) is 24.2 Å². The van der Waals surface area contributed by atoms with Crippen LogP contribution >= 0.6 is 0 Å². The minimum Gasteiger partial charge on any atom is -0.481 e. The minimum absolute atomic E-state index is 0.141. The number of rotatable bonds is 4. The van der Waals surface area contributed by atoms with Crippen molar-refractivity contribution in [1.82, 2.24) is 4.90 Å². The Hall–Kier alpha value is -1.15. The average molecular weight is 319 g/mol. The molecule has 0 aromatic heterocycles.